The summed E-state index contributed by atoms with van der Waals surface area (Å²) >= 11 is 0. The molecule has 0 atom stereocenters. The number of pyridine rings is 1. The maximum Gasteiger partial charge on any atom is 0.329 e. The van der Waals surface area contributed by atoms with Crippen molar-refractivity contribution in [2.45, 2.75) is 63.4 Å². The Hall–Kier alpha value is -4.94. The van der Waals surface area contributed by atoms with Gasteiger partial charge in [0.15, 0.2) is 5.78 Å². The van der Waals surface area contributed by atoms with Crippen LogP contribution in [-0.4, -0.2) is 114 Å². The molecule has 16 nitrogen and oxygen atoms in total. The molecule has 0 fully saturated rings. The highest BCUT2D eigenvalue weighted by molar-refractivity contribution is 7.92. The van der Waals surface area contributed by atoms with Crippen molar-refractivity contribution < 1.29 is 61.1 Å². The van der Waals surface area contributed by atoms with E-state index >= 15 is 0 Å². The fourth-order valence-corrected chi connectivity index (χ4v) is 5.87. The molecule has 0 aliphatic carbocycles. The van der Waals surface area contributed by atoms with Crippen molar-refractivity contribution in [3.05, 3.63) is 83.6 Å². The monoisotopic (exact) mass is 815 g/mol. The highest BCUT2D eigenvalue weighted by Gasteiger charge is 2.17. The Morgan fingerprint density at radius 3 is 1.98 bits per heavy atom. The molecule has 0 bridgehead atoms. The number of aromatic nitrogens is 1. The predicted molar refractivity (Wildman–Crippen MR) is 209 cm³/mol. The van der Waals surface area contributed by atoms with Crippen LogP contribution in [0.2, 0.25) is 0 Å². The SMILES string of the molecule is CC(C)(C)OC(=O)CCc1ccc(CCOc2ccc(S(=O)(=O)Nc3ccc(C(=O)NCCOCCOCC(=O)CCCOCCOCC(=O)O)cn3)cc2)cc1. The number of Topliss-reactive ketones (excluding diaryl/α,β-unsaturated/α-hetero) is 1. The van der Waals surface area contributed by atoms with Crippen LogP contribution in [0.5, 0.6) is 5.75 Å². The maximum absolute atomic E-state index is 13.0. The van der Waals surface area contributed by atoms with E-state index in [-0.39, 0.29) is 87.2 Å². The van der Waals surface area contributed by atoms with Crippen molar-refractivity contribution in [1.82, 2.24) is 10.3 Å². The number of esters is 1. The smallest absolute Gasteiger partial charge is 0.329 e. The summed E-state index contributed by atoms with van der Waals surface area (Å²) in [6.45, 7) is 7.10. The second-order valence-electron chi connectivity index (χ2n) is 13.6. The van der Waals surface area contributed by atoms with Crippen molar-refractivity contribution >= 4 is 39.5 Å². The van der Waals surface area contributed by atoms with E-state index in [1.54, 1.807) is 12.1 Å². The summed E-state index contributed by atoms with van der Waals surface area (Å²) in [6.07, 6.45) is 3.61. The molecule has 0 unspecified atom stereocenters. The van der Waals surface area contributed by atoms with Crippen LogP contribution < -0.4 is 14.8 Å². The summed E-state index contributed by atoms with van der Waals surface area (Å²) in [5.41, 5.74) is 1.83. The molecule has 0 saturated heterocycles. The quantitative estimate of drug-likeness (QED) is 0.0698. The van der Waals surface area contributed by atoms with Crippen molar-refractivity contribution in [2.24, 2.45) is 0 Å². The number of ether oxygens (including phenoxy) is 6. The number of ketones is 1. The number of aliphatic carboxylic acids is 1. The average molecular weight is 816 g/mol. The summed E-state index contributed by atoms with van der Waals surface area (Å²) in [5, 5.41) is 11.2. The highest BCUT2D eigenvalue weighted by Crippen LogP contribution is 2.19. The van der Waals surface area contributed by atoms with E-state index in [4.69, 9.17) is 33.5 Å². The number of amides is 1. The molecular formula is C40H53N3O13S. The number of carbonyl (C=O) groups is 4. The molecule has 3 rings (SSSR count). The Bertz CT molecular complexity index is 1800. The van der Waals surface area contributed by atoms with E-state index in [2.05, 4.69) is 15.0 Å². The van der Waals surface area contributed by atoms with Crippen molar-refractivity contribution in [2.75, 3.05) is 70.7 Å². The Kier molecular flexibility index (Phi) is 20.1. The molecule has 0 saturated carbocycles. The third-order valence-electron chi connectivity index (χ3n) is 7.63. The zero-order valence-corrected chi connectivity index (χ0v) is 33.5. The molecule has 3 N–H and O–H groups in total. The summed E-state index contributed by atoms with van der Waals surface area (Å²) < 4.78 is 60.3. The van der Waals surface area contributed by atoms with E-state index in [0.29, 0.717) is 44.6 Å². The van der Waals surface area contributed by atoms with Gasteiger partial charge in [-0.3, -0.25) is 19.1 Å². The summed E-state index contributed by atoms with van der Waals surface area (Å²) in [4.78, 5) is 50.7. The molecule has 2 aromatic carbocycles. The molecule has 0 radical (unpaired) electrons. The molecule has 17 heteroatoms. The van der Waals surface area contributed by atoms with Gasteiger partial charge in [-0.1, -0.05) is 24.3 Å². The van der Waals surface area contributed by atoms with Gasteiger partial charge in [0.25, 0.3) is 15.9 Å². The van der Waals surface area contributed by atoms with Crippen LogP contribution in [-0.2, 0) is 60.9 Å². The molecule has 1 heterocycles. The lowest BCUT2D eigenvalue weighted by Crippen LogP contribution is -2.28. The predicted octanol–water partition coefficient (Wildman–Crippen LogP) is 4.01. The molecule has 1 amide bonds. The van der Waals surface area contributed by atoms with Gasteiger partial charge in [0.05, 0.1) is 50.1 Å². The van der Waals surface area contributed by atoms with Crippen molar-refractivity contribution in [1.29, 1.82) is 0 Å². The molecule has 1 aromatic heterocycles. The van der Waals surface area contributed by atoms with Crippen LogP contribution >= 0.6 is 0 Å². The number of nitrogens with one attached hydrogen (secondary N) is 2. The Morgan fingerprint density at radius 1 is 0.719 bits per heavy atom. The first-order valence-corrected chi connectivity index (χ1v) is 20.0. The van der Waals surface area contributed by atoms with Crippen LogP contribution in [0.1, 0.15) is 61.5 Å². The number of hydrogen-bond acceptors (Lipinski definition) is 13. The minimum absolute atomic E-state index is 0.0125. The zero-order valence-electron chi connectivity index (χ0n) is 32.7. The number of sulfonamides is 1. The number of carboxylic acid groups (broad SMARTS) is 1. The number of rotatable bonds is 28. The molecule has 0 spiro atoms. The first-order chi connectivity index (χ1) is 27.2. The molecule has 312 valence electrons. The number of anilines is 1. The van der Waals surface area contributed by atoms with Gasteiger partial charge < -0.3 is 38.8 Å². The summed E-state index contributed by atoms with van der Waals surface area (Å²) in [5.74, 6) is -1.22. The van der Waals surface area contributed by atoms with Crippen molar-refractivity contribution in [3.8, 4) is 5.75 Å². The fraction of sp³-hybridized carbons (Fsp3) is 0.475. The second kappa shape index (κ2) is 24.6. The highest BCUT2D eigenvalue weighted by atomic mass is 32.2. The van der Waals surface area contributed by atoms with E-state index in [9.17, 15) is 27.6 Å². The number of nitrogens with zero attached hydrogens (tertiary/aromatic N) is 1. The lowest BCUT2D eigenvalue weighted by Gasteiger charge is -2.19. The number of benzene rings is 2. The average Bonchev–Trinajstić information content (AvgIpc) is 3.16. The van der Waals surface area contributed by atoms with Gasteiger partial charge in [0, 0.05) is 38.6 Å². The molecule has 3 aromatic rings. The van der Waals surface area contributed by atoms with Crippen LogP contribution in [0.25, 0.3) is 0 Å². The number of aryl methyl sites for hydroxylation is 1. The Morgan fingerprint density at radius 2 is 1.35 bits per heavy atom. The van der Waals surface area contributed by atoms with E-state index in [1.165, 1.54) is 30.5 Å². The minimum Gasteiger partial charge on any atom is -0.493 e. The summed E-state index contributed by atoms with van der Waals surface area (Å²) in [7, 11) is -3.96. The third-order valence-corrected chi connectivity index (χ3v) is 9.00. The second-order valence-corrected chi connectivity index (χ2v) is 15.3. The number of carbonyl (C=O) groups excluding carboxylic acids is 3. The van der Waals surface area contributed by atoms with E-state index < -0.39 is 27.5 Å². The fourth-order valence-electron chi connectivity index (χ4n) is 4.87. The molecule has 0 aliphatic heterocycles. The van der Waals surface area contributed by atoms with Gasteiger partial charge in [-0.25, -0.2) is 18.2 Å². The minimum atomic E-state index is -3.96. The van der Waals surface area contributed by atoms with Gasteiger partial charge in [-0.2, -0.15) is 0 Å². The Balaban J connectivity index is 1.26. The van der Waals surface area contributed by atoms with Gasteiger partial charge >= 0.3 is 11.9 Å². The lowest BCUT2D eigenvalue weighted by atomic mass is 10.1. The Labute approximate surface area is 333 Å². The third kappa shape index (κ3) is 20.2. The van der Waals surface area contributed by atoms with Crippen LogP contribution in [0.4, 0.5) is 5.82 Å². The van der Waals surface area contributed by atoms with E-state index in [0.717, 1.165) is 11.1 Å². The van der Waals surface area contributed by atoms with Crippen LogP contribution in [0.15, 0.2) is 71.8 Å². The lowest BCUT2D eigenvalue weighted by molar-refractivity contribution is -0.154. The van der Waals surface area contributed by atoms with Gasteiger partial charge in [-0.05, 0) is 81.1 Å². The first kappa shape index (κ1) is 46.4. The maximum atomic E-state index is 13.0. The van der Waals surface area contributed by atoms with Gasteiger partial charge in [0.2, 0.25) is 0 Å². The van der Waals surface area contributed by atoms with Crippen molar-refractivity contribution in [3.63, 3.8) is 0 Å². The number of hydrogen-bond donors (Lipinski definition) is 3. The largest absolute Gasteiger partial charge is 0.493 e. The molecule has 0 aliphatic rings. The van der Waals surface area contributed by atoms with Gasteiger partial charge in [0.1, 0.15) is 30.4 Å². The van der Waals surface area contributed by atoms with Crippen LogP contribution in [0, 0.1) is 0 Å². The standard InChI is InChI=1S/C40H53N3O13S/c1-40(2,3)56-38(47)17-10-30-6-8-31(9-7-30)18-21-55-34-12-14-35(15-13-34)57(49,50)43-36-16-11-32(27-42-36)39(48)41-19-22-52-24-25-53-28-33(44)5-4-20-51-23-26-54-29-37(45)46/h6-9,11-16,27H,4-5,10,17-26,28-29H2,1-3H3,(H,41,48)(H,42,43)(H,45,46). The normalized spacial score (nSPS) is 11.5. The topological polar surface area (TPSA) is 215 Å². The summed E-state index contributed by atoms with van der Waals surface area (Å²) in [6, 6.07) is 16.8. The first-order valence-electron chi connectivity index (χ1n) is 18.5. The van der Waals surface area contributed by atoms with Crippen LogP contribution in [0.3, 0.4) is 0 Å². The zero-order chi connectivity index (χ0) is 41.5. The van der Waals surface area contributed by atoms with Gasteiger partial charge in [-0.15, -0.1) is 0 Å². The van der Waals surface area contributed by atoms with E-state index in [1.807, 2.05) is 45.0 Å². The molecule has 57 heavy (non-hydrogen) atoms. The number of carboxylic acids is 1. The molecular weight excluding hydrogens is 763 g/mol.